The monoisotopic (exact) mass is 257 g/mol. The Bertz CT molecular complexity index is 459. The van der Waals surface area contributed by atoms with Gasteiger partial charge in [0.2, 0.25) is 0 Å². The van der Waals surface area contributed by atoms with Crippen LogP contribution in [0.3, 0.4) is 0 Å². The van der Waals surface area contributed by atoms with E-state index in [9.17, 15) is 5.11 Å². The van der Waals surface area contributed by atoms with E-state index in [1.54, 1.807) is 0 Å². The first-order valence-electron chi connectivity index (χ1n) is 6.44. The normalized spacial score (nSPS) is 12.3. The first-order valence-corrected chi connectivity index (χ1v) is 6.44. The number of rotatable bonds is 7. The first kappa shape index (κ1) is 13.7. The van der Waals surface area contributed by atoms with E-state index in [1.165, 1.54) is 5.56 Å². The van der Waals surface area contributed by atoms with Gasteiger partial charge in [-0.2, -0.15) is 5.48 Å². The van der Waals surface area contributed by atoms with Crippen LogP contribution in [0, 0.1) is 0 Å². The lowest BCUT2D eigenvalue weighted by molar-refractivity contribution is -0.00937. The summed E-state index contributed by atoms with van der Waals surface area (Å²) in [6, 6.07) is 19.9. The van der Waals surface area contributed by atoms with Crippen molar-refractivity contribution >= 4 is 0 Å². The zero-order valence-corrected chi connectivity index (χ0v) is 10.8. The molecule has 2 rings (SSSR count). The number of hydroxylamine groups is 1. The van der Waals surface area contributed by atoms with Gasteiger partial charge in [-0.15, -0.1) is 0 Å². The summed E-state index contributed by atoms with van der Waals surface area (Å²) in [5, 5.41) is 9.34. The number of hydrogen-bond acceptors (Lipinski definition) is 3. The molecule has 0 aromatic heterocycles. The van der Waals surface area contributed by atoms with Crippen molar-refractivity contribution < 1.29 is 9.94 Å². The molecule has 0 spiro atoms. The van der Waals surface area contributed by atoms with E-state index >= 15 is 0 Å². The largest absolute Gasteiger partial charge is 0.395 e. The van der Waals surface area contributed by atoms with Crippen LogP contribution >= 0.6 is 0 Å². The molecule has 0 saturated carbocycles. The zero-order valence-electron chi connectivity index (χ0n) is 10.8. The molecule has 3 heteroatoms. The van der Waals surface area contributed by atoms with Crippen LogP contribution in [0.25, 0.3) is 0 Å². The van der Waals surface area contributed by atoms with Gasteiger partial charge in [0.05, 0.1) is 19.3 Å². The SMILES string of the molecule is OCC(Cc1ccccc1)NOCc1ccccc1. The Labute approximate surface area is 113 Å². The highest BCUT2D eigenvalue weighted by Crippen LogP contribution is 2.04. The third-order valence-corrected chi connectivity index (χ3v) is 2.88. The second kappa shape index (κ2) is 7.69. The number of benzene rings is 2. The van der Waals surface area contributed by atoms with Crippen molar-refractivity contribution in [3.8, 4) is 0 Å². The fourth-order valence-corrected chi connectivity index (χ4v) is 1.86. The maximum absolute atomic E-state index is 9.34. The topological polar surface area (TPSA) is 41.5 Å². The molecule has 0 radical (unpaired) electrons. The Morgan fingerprint density at radius 3 is 2.05 bits per heavy atom. The number of aliphatic hydroxyl groups excluding tert-OH is 1. The molecule has 2 aromatic carbocycles. The molecule has 0 bridgehead atoms. The molecule has 0 aliphatic carbocycles. The third-order valence-electron chi connectivity index (χ3n) is 2.88. The van der Waals surface area contributed by atoms with Gasteiger partial charge in [0.25, 0.3) is 0 Å². The van der Waals surface area contributed by atoms with Crippen LogP contribution in [0.1, 0.15) is 11.1 Å². The lowest BCUT2D eigenvalue weighted by atomic mass is 10.1. The van der Waals surface area contributed by atoms with Gasteiger partial charge in [-0.3, -0.25) is 4.84 Å². The quantitative estimate of drug-likeness (QED) is 0.748. The Balaban J connectivity index is 1.77. The van der Waals surface area contributed by atoms with E-state index in [0.29, 0.717) is 6.61 Å². The summed E-state index contributed by atoms with van der Waals surface area (Å²) in [5.41, 5.74) is 5.20. The maximum Gasteiger partial charge on any atom is 0.0933 e. The van der Waals surface area contributed by atoms with Crippen molar-refractivity contribution in [2.24, 2.45) is 0 Å². The van der Waals surface area contributed by atoms with Crippen molar-refractivity contribution in [1.82, 2.24) is 5.48 Å². The van der Waals surface area contributed by atoms with Crippen LogP contribution in [-0.2, 0) is 17.9 Å². The summed E-state index contributed by atoms with van der Waals surface area (Å²) in [7, 11) is 0. The summed E-state index contributed by atoms with van der Waals surface area (Å²) in [5.74, 6) is 0. The van der Waals surface area contributed by atoms with Crippen LogP contribution in [0.2, 0.25) is 0 Å². The molecule has 19 heavy (non-hydrogen) atoms. The Hall–Kier alpha value is -1.68. The number of nitrogens with one attached hydrogen (secondary N) is 1. The van der Waals surface area contributed by atoms with Crippen LogP contribution in [0.15, 0.2) is 60.7 Å². The number of aliphatic hydroxyl groups is 1. The summed E-state index contributed by atoms with van der Waals surface area (Å²) in [6.45, 7) is 0.538. The van der Waals surface area contributed by atoms with E-state index < -0.39 is 0 Å². The molecule has 1 atom stereocenters. The van der Waals surface area contributed by atoms with E-state index in [0.717, 1.165) is 12.0 Å². The van der Waals surface area contributed by atoms with Gasteiger partial charge in [0.1, 0.15) is 0 Å². The van der Waals surface area contributed by atoms with Gasteiger partial charge in [-0.25, -0.2) is 0 Å². The fourth-order valence-electron chi connectivity index (χ4n) is 1.86. The second-order valence-electron chi connectivity index (χ2n) is 4.46. The molecule has 1 unspecified atom stereocenters. The fraction of sp³-hybridized carbons (Fsp3) is 0.250. The minimum Gasteiger partial charge on any atom is -0.395 e. The Kier molecular flexibility index (Phi) is 5.56. The van der Waals surface area contributed by atoms with Crippen molar-refractivity contribution in [1.29, 1.82) is 0 Å². The maximum atomic E-state index is 9.34. The minimum atomic E-state index is -0.0916. The summed E-state index contributed by atoms with van der Waals surface area (Å²) >= 11 is 0. The molecule has 0 saturated heterocycles. The molecule has 2 N–H and O–H groups in total. The highest BCUT2D eigenvalue weighted by Gasteiger charge is 2.07. The molecule has 0 amide bonds. The zero-order chi connectivity index (χ0) is 13.3. The molecular formula is C16H19NO2. The Morgan fingerprint density at radius 1 is 0.895 bits per heavy atom. The average Bonchev–Trinajstić information content (AvgIpc) is 2.48. The molecule has 2 aromatic rings. The summed E-state index contributed by atoms with van der Waals surface area (Å²) in [6.07, 6.45) is 0.742. The predicted molar refractivity (Wildman–Crippen MR) is 75.4 cm³/mol. The van der Waals surface area contributed by atoms with Crippen molar-refractivity contribution in [3.63, 3.8) is 0 Å². The first-order chi connectivity index (χ1) is 9.38. The van der Waals surface area contributed by atoms with Crippen LogP contribution in [0.4, 0.5) is 0 Å². The van der Waals surface area contributed by atoms with Crippen LogP contribution < -0.4 is 5.48 Å². The van der Waals surface area contributed by atoms with Crippen molar-refractivity contribution in [2.45, 2.75) is 19.1 Å². The van der Waals surface area contributed by atoms with Crippen molar-refractivity contribution in [2.75, 3.05) is 6.61 Å². The summed E-state index contributed by atoms with van der Waals surface area (Å²) < 4.78 is 0. The van der Waals surface area contributed by atoms with Crippen molar-refractivity contribution in [3.05, 3.63) is 71.8 Å². The van der Waals surface area contributed by atoms with Gasteiger partial charge in [-0.05, 0) is 17.5 Å². The lowest BCUT2D eigenvalue weighted by Crippen LogP contribution is -2.34. The van der Waals surface area contributed by atoms with E-state index in [-0.39, 0.29) is 12.6 Å². The molecule has 0 heterocycles. The van der Waals surface area contributed by atoms with Gasteiger partial charge >= 0.3 is 0 Å². The predicted octanol–water partition coefficient (Wildman–Crippen LogP) is 2.31. The van der Waals surface area contributed by atoms with Gasteiger partial charge in [0.15, 0.2) is 0 Å². The molecule has 0 aliphatic heterocycles. The lowest BCUT2D eigenvalue weighted by Gasteiger charge is -2.16. The van der Waals surface area contributed by atoms with E-state index in [1.807, 2.05) is 60.7 Å². The standard InChI is InChI=1S/C16H19NO2/c18-12-16(11-14-7-3-1-4-8-14)17-19-13-15-9-5-2-6-10-15/h1-10,16-18H,11-13H2. The highest BCUT2D eigenvalue weighted by atomic mass is 16.6. The van der Waals surface area contributed by atoms with Gasteiger partial charge < -0.3 is 5.11 Å². The van der Waals surface area contributed by atoms with Gasteiger partial charge in [0, 0.05) is 0 Å². The van der Waals surface area contributed by atoms with Gasteiger partial charge in [-0.1, -0.05) is 60.7 Å². The number of hydrogen-bond donors (Lipinski definition) is 2. The summed E-state index contributed by atoms with van der Waals surface area (Å²) in [4.78, 5) is 5.43. The molecule has 3 nitrogen and oxygen atoms in total. The highest BCUT2D eigenvalue weighted by molar-refractivity contribution is 5.16. The smallest absolute Gasteiger partial charge is 0.0933 e. The second-order valence-corrected chi connectivity index (χ2v) is 4.46. The minimum absolute atomic E-state index is 0.0453. The average molecular weight is 257 g/mol. The van der Waals surface area contributed by atoms with Crippen LogP contribution in [0.5, 0.6) is 0 Å². The molecular weight excluding hydrogens is 238 g/mol. The molecule has 100 valence electrons. The third kappa shape index (κ3) is 4.83. The van der Waals surface area contributed by atoms with E-state index in [2.05, 4.69) is 5.48 Å². The van der Waals surface area contributed by atoms with E-state index in [4.69, 9.17) is 4.84 Å². The molecule has 0 fully saturated rings. The molecule has 0 aliphatic rings. The van der Waals surface area contributed by atoms with Crippen LogP contribution in [-0.4, -0.2) is 17.8 Å². The Morgan fingerprint density at radius 2 is 1.47 bits per heavy atom.